The molecule has 0 saturated heterocycles. The lowest BCUT2D eigenvalue weighted by Gasteiger charge is -2.04. The lowest BCUT2D eigenvalue weighted by molar-refractivity contribution is -0.117. The molecule has 23 heavy (non-hydrogen) atoms. The van der Waals surface area contributed by atoms with E-state index >= 15 is 0 Å². The molecule has 2 aromatic heterocycles. The van der Waals surface area contributed by atoms with E-state index in [4.69, 9.17) is 4.52 Å². The van der Waals surface area contributed by atoms with Crippen LogP contribution in [0.2, 0.25) is 0 Å². The summed E-state index contributed by atoms with van der Waals surface area (Å²) in [6, 6.07) is 7.37. The van der Waals surface area contributed by atoms with E-state index in [1.807, 2.05) is 24.3 Å². The highest BCUT2D eigenvalue weighted by Gasteiger charge is 2.29. The van der Waals surface area contributed by atoms with Crippen molar-refractivity contribution < 1.29 is 9.32 Å². The van der Waals surface area contributed by atoms with Crippen molar-refractivity contribution in [2.75, 3.05) is 5.32 Å². The standard InChI is InChI=1S/C16H13N5O2/c22-15(10-4-5-10)19-12-3-1-2-11(8-12)14-20-16(23-21-14)13-9-17-6-7-18-13/h1-3,6-10H,4-5H2,(H,19,22). The summed E-state index contributed by atoms with van der Waals surface area (Å²) >= 11 is 0. The summed E-state index contributed by atoms with van der Waals surface area (Å²) in [7, 11) is 0. The smallest absolute Gasteiger partial charge is 0.278 e. The molecule has 1 aromatic carbocycles. The summed E-state index contributed by atoms with van der Waals surface area (Å²) in [5, 5.41) is 6.87. The van der Waals surface area contributed by atoms with Crippen molar-refractivity contribution in [3.63, 3.8) is 0 Å². The molecule has 0 unspecified atom stereocenters. The molecule has 1 N–H and O–H groups in total. The number of benzene rings is 1. The van der Waals surface area contributed by atoms with Crippen LogP contribution in [-0.2, 0) is 4.79 Å². The number of carbonyl (C=O) groups is 1. The van der Waals surface area contributed by atoms with Crippen LogP contribution in [0.5, 0.6) is 0 Å². The number of hydrogen-bond donors (Lipinski definition) is 1. The van der Waals surface area contributed by atoms with E-state index in [2.05, 4.69) is 25.4 Å². The second-order valence-electron chi connectivity index (χ2n) is 5.36. The van der Waals surface area contributed by atoms with Crippen molar-refractivity contribution in [2.45, 2.75) is 12.8 Å². The van der Waals surface area contributed by atoms with Gasteiger partial charge in [0.2, 0.25) is 11.7 Å². The molecule has 0 radical (unpaired) electrons. The average molecular weight is 307 g/mol. The van der Waals surface area contributed by atoms with E-state index < -0.39 is 0 Å². The van der Waals surface area contributed by atoms with Crippen molar-refractivity contribution in [2.24, 2.45) is 5.92 Å². The summed E-state index contributed by atoms with van der Waals surface area (Å²) in [6.07, 6.45) is 6.64. The second-order valence-corrected chi connectivity index (χ2v) is 5.36. The molecule has 0 spiro atoms. The Morgan fingerprint density at radius 2 is 2.17 bits per heavy atom. The zero-order chi connectivity index (χ0) is 15.6. The molecule has 0 bridgehead atoms. The van der Waals surface area contributed by atoms with Crippen LogP contribution < -0.4 is 5.32 Å². The number of carbonyl (C=O) groups excluding carboxylic acids is 1. The Kier molecular flexibility index (Phi) is 3.30. The molecule has 2 heterocycles. The van der Waals surface area contributed by atoms with Gasteiger partial charge < -0.3 is 9.84 Å². The first kappa shape index (κ1) is 13.6. The quantitative estimate of drug-likeness (QED) is 0.796. The van der Waals surface area contributed by atoms with Gasteiger partial charge in [0.05, 0.1) is 6.20 Å². The number of nitrogens with zero attached hydrogens (tertiary/aromatic N) is 4. The minimum Gasteiger partial charge on any atom is -0.332 e. The molecule has 3 aromatic rings. The van der Waals surface area contributed by atoms with Crippen LogP contribution in [0.25, 0.3) is 23.0 Å². The minimum absolute atomic E-state index is 0.0653. The lowest BCUT2D eigenvalue weighted by Crippen LogP contribution is -2.13. The first-order chi connectivity index (χ1) is 11.3. The van der Waals surface area contributed by atoms with E-state index in [-0.39, 0.29) is 11.8 Å². The first-order valence-electron chi connectivity index (χ1n) is 7.31. The van der Waals surface area contributed by atoms with Gasteiger partial charge in [-0.05, 0) is 25.0 Å². The highest BCUT2D eigenvalue weighted by molar-refractivity contribution is 5.94. The van der Waals surface area contributed by atoms with E-state index in [0.717, 1.165) is 24.1 Å². The topological polar surface area (TPSA) is 93.8 Å². The molecule has 114 valence electrons. The van der Waals surface area contributed by atoms with Crippen LogP contribution in [-0.4, -0.2) is 26.0 Å². The second kappa shape index (κ2) is 5.60. The molecule has 1 amide bonds. The normalized spacial score (nSPS) is 13.7. The molecule has 4 rings (SSSR count). The number of aromatic nitrogens is 4. The SMILES string of the molecule is O=C(Nc1cccc(-c2noc(-c3cnccn3)n2)c1)C1CC1. The van der Waals surface area contributed by atoms with E-state index in [1.165, 1.54) is 0 Å². The van der Waals surface area contributed by atoms with Crippen molar-refractivity contribution in [1.29, 1.82) is 0 Å². The fourth-order valence-electron chi connectivity index (χ4n) is 2.18. The fraction of sp³-hybridized carbons (Fsp3) is 0.188. The first-order valence-corrected chi connectivity index (χ1v) is 7.31. The molecule has 7 heteroatoms. The molecular formula is C16H13N5O2. The van der Waals surface area contributed by atoms with Crippen LogP contribution in [0.1, 0.15) is 12.8 Å². The van der Waals surface area contributed by atoms with Crippen molar-refractivity contribution in [1.82, 2.24) is 20.1 Å². The molecule has 7 nitrogen and oxygen atoms in total. The minimum atomic E-state index is 0.0653. The van der Waals surface area contributed by atoms with Gasteiger partial charge in [0.1, 0.15) is 5.69 Å². The lowest BCUT2D eigenvalue weighted by atomic mass is 10.2. The Labute approximate surface area is 131 Å². The predicted octanol–water partition coefficient (Wildman–Crippen LogP) is 2.54. The number of hydrogen-bond acceptors (Lipinski definition) is 6. The maximum absolute atomic E-state index is 11.8. The molecule has 1 fully saturated rings. The summed E-state index contributed by atoms with van der Waals surface area (Å²) in [6.45, 7) is 0. The largest absolute Gasteiger partial charge is 0.332 e. The number of amides is 1. The summed E-state index contributed by atoms with van der Waals surface area (Å²) in [4.78, 5) is 24.3. The van der Waals surface area contributed by atoms with Crippen molar-refractivity contribution >= 4 is 11.6 Å². The van der Waals surface area contributed by atoms with Gasteiger partial charge in [-0.1, -0.05) is 17.3 Å². The van der Waals surface area contributed by atoms with Gasteiger partial charge in [-0.25, -0.2) is 4.98 Å². The number of nitrogens with one attached hydrogen (secondary N) is 1. The predicted molar refractivity (Wildman–Crippen MR) is 82.1 cm³/mol. The molecule has 0 aliphatic heterocycles. The highest BCUT2D eigenvalue weighted by atomic mass is 16.5. The van der Waals surface area contributed by atoms with Gasteiger partial charge >= 0.3 is 0 Å². The highest BCUT2D eigenvalue weighted by Crippen LogP contribution is 2.30. The van der Waals surface area contributed by atoms with Gasteiger partial charge in [-0.3, -0.25) is 9.78 Å². The van der Waals surface area contributed by atoms with Gasteiger partial charge in [0, 0.05) is 29.6 Å². The Balaban J connectivity index is 1.58. The maximum Gasteiger partial charge on any atom is 0.278 e. The fourth-order valence-corrected chi connectivity index (χ4v) is 2.18. The van der Waals surface area contributed by atoms with E-state index in [1.54, 1.807) is 18.6 Å². The molecule has 1 saturated carbocycles. The Bertz CT molecular complexity index is 842. The summed E-state index contributed by atoms with van der Waals surface area (Å²) in [5.41, 5.74) is 2.01. The Hall–Kier alpha value is -3.09. The third kappa shape index (κ3) is 2.94. The van der Waals surface area contributed by atoms with E-state index in [0.29, 0.717) is 17.4 Å². The van der Waals surface area contributed by atoms with Crippen LogP contribution in [0, 0.1) is 5.92 Å². The van der Waals surface area contributed by atoms with Crippen LogP contribution >= 0.6 is 0 Å². The Morgan fingerprint density at radius 1 is 1.26 bits per heavy atom. The third-order valence-electron chi connectivity index (χ3n) is 3.54. The maximum atomic E-state index is 11.8. The van der Waals surface area contributed by atoms with E-state index in [9.17, 15) is 4.79 Å². The van der Waals surface area contributed by atoms with Crippen LogP contribution in [0.15, 0.2) is 47.4 Å². The summed E-state index contributed by atoms with van der Waals surface area (Å²) < 4.78 is 5.22. The van der Waals surface area contributed by atoms with Gasteiger partial charge in [0.15, 0.2) is 0 Å². The molecule has 0 atom stereocenters. The Morgan fingerprint density at radius 3 is 2.96 bits per heavy atom. The molecule has 1 aliphatic rings. The van der Waals surface area contributed by atoms with Gasteiger partial charge in [0.25, 0.3) is 5.89 Å². The van der Waals surface area contributed by atoms with Crippen molar-refractivity contribution in [3.8, 4) is 23.0 Å². The number of anilines is 1. The van der Waals surface area contributed by atoms with Crippen molar-refractivity contribution in [3.05, 3.63) is 42.9 Å². The van der Waals surface area contributed by atoms with Crippen LogP contribution in [0.4, 0.5) is 5.69 Å². The zero-order valence-corrected chi connectivity index (χ0v) is 12.1. The van der Waals surface area contributed by atoms with Crippen LogP contribution in [0.3, 0.4) is 0 Å². The average Bonchev–Trinajstić information content (AvgIpc) is 3.33. The van der Waals surface area contributed by atoms with Gasteiger partial charge in [-0.2, -0.15) is 4.98 Å². The summed E-state index contributed by atoms with van der Waals surface area (Å²) in [5.74, 6) is 0.969. The monoisotopic (exact) mass is 307 g/mol. The number of rotatable bonds is 4. The molecular weight excluding hydrogens is 294 g/mol. The van der Waals surface area contributed by atoms with Gasteiger partial charge in [-0.15, -0.1) is 0 Å². The zero-order valence-electron chi connectivity index (χ0n) is 12.1. The molecule has 1 aliphatic carbocycles. The third-order valence-corrected chi connectivity index (χ3v) is 3.54.